The van der Waals surface area contributed by atoms with Crippen molar-refractivity contribution in [3.63, 3.8) is 0 Å². The van der Waals surface area contributed by atoms with Gasteiger partial charge in [0, 0.05) is 23.4 Å². The second-order valence-electron chi connectivity index (χ2n) is 5.60. The van der Waals surface area contributed by atoms with Crippen molar-refractivity contribution in [2.75, 3.05) is 7.11 Å². The van der Waals surface area contributed by atoms with Crippen molar-refractivity contribution in [2.45, 2.75) is 13.3 Å². The number of fused-ring (bicyclic) bond motifs is 1. The number of carbonyl (C=O) groups excluding carboxylic acids is 1. The van der Waals surface area contributed by atoms with Crippen LogP contribution >= 0.6 is 0 Å². The maximum atomic E-state index is 11.6. The molecule has 0 aliphatic carbocycles. The van der Waals surface area contributed by atoms with Crippen LogP contribution in [0.4, 0.5) is 0 Å². The molecule has 0 fully saturated rings. The van der Waals surface area contributed by atoms with Gasteiger partial charge in [0.2, 0.25) is 0 Å². The maximum Gasteiger partial charge on any atom is 0.307 e. The maximum absolute atomic E-state index is 11.6. The molecule has 0 bridgehead atoms. The molecule has 3 rings (SSSR count). The number of nitrogens with one attached hydrogen (secondary N) is 1. The molecule has 5 heteroatoms. The van der Waals surface area contributed by atoms with Crippen molar-refractivity contribution in [1.29, 1.82) is 0 Å². The van der Waals surface area contributed by atoms with E-state index in [4.69, 9.17) is 9.84 Å². The highest BCUT2D eigenvalue weighted by molar-refractivity contribution is 6.03. The monoisotopic (exact) mass is 323 g/mol. The third kappa shape index (κ3) is 2.88. The average Bonchev–Trinajstić information content (AvgIpc) is 2.98. The average molecular weight is 323 g/mol. The second kappa shape index (κ2) is 6.20. The van der Waals surface area contributed by atoms with Crippen LogP contribution in [0.1, 0.15) is 23.0 Å². The van der Waals surface area contributed by atoms with Gasteiger partial charge < -0.3 is 14.8 Å². The van der Waals surface area contributed by atoms with Crippen molar-refractivity contribution in [3.05, 3.63) is 53.7 Å². The van der Waals surface area contributed by atoms with E-state index in [1.807, 2.05) is 36.4 Å². The number of rotatable bonds is 5. The third-order valence-corrected chi connectivity index (χ3v) is 3.98. The molecule has 0 radical (unpaired) electrons. The summed E-state index contributed by atoms with van der Waals surface area (Å²) in [5.74, 6) is -0.394. The zero-order valence-electron chi connectivity index (χ0n) is 13.4. The number of methoxy groups -OCH3 is 1. The van der Waals surface area contributed by atoms with Gasteiger partial charge in [-0.05, 0) is 35.4 Å². The number of ether oxygens (including phenoxy) is 1. The molecule has 2 aromatic carbocycles. The highest BCUT2D eigenvalue weighted by Gasteiger charge is 2.13. The number of hydrogen-bond acceptors (Lipinski definition) is 3. The van der Waals surface area contributed by atoms with Gasteiger partial charge in [-0.2, -0.15) is 0 Å². The number of hydrogen-bond donors (Lipinski definition) is 2. The zero-order valence-corrected chi connectivity index (χ0v) is 13.4. The molecule has 0 saturated carbocycles. The number of aliphatic carboxylic acids is 1. The molecule has 122 valence electrons. The summed E-state index contributed by atoms with van der Waals surface area (Å²) in [5, 5.41) is 10.0. The Balaban J connectivity index is 2.16. The van der Waals surface area contributed by atoms with Crippen LogP contribution in [0.15, 0.2) is 42.5 Å². The summed E-state index contributed by atoms with van der Waals surface area (Å²) in [4.78, 5) is 25.8. The van der Waals surface area contributed by atoms with Crippen LogP contribution in [0, 0.1) is 0 Å². The van der Waals surface area contributed by atoms with Gasteiger partial charge in [0.1, 0.15) is 5.75 Å². The first-order valence-corrected chi connectivity index (χ1v) is 7.51. The van der Waals surface area contributed by atoms with Crippen molar-refractivity contribution < 1.29 is 19.4 Å². The van der Waals surface area contributed by atoms with E-state index in [2.05, 4.69) is 4.98 Å². The van der Waals surface area contributed by atoms with Gasteiger partial charge in [-0.1, -0.05) is 18.2 Å². The molecule has 0 saturated heterocycles. The number of H-pyrrole nitrogens is 1. The minimum atomic E-state index is -0.913. The van der Waals surface area contributed by atoms with Gasteiger partial charge in [0.15, 0.2) is 5.78 Å². The molecule has 1 heterocycles. The predicted octanol–water partition coefficient (Wildman–Crippen LogP) is 3.67. The van der Waals surface area contributed by atoms with Crippen LogP contribution in [0.3, 0.4) is 0 Å². The van der Waals surface area contributed by atoms with Crippen LogP contribution in [0.5, 0.6) is 5.75 Å². The Labute approximate surface area is 138 Å². The van der Waals surface area contributed by atoms with E-state index in [1.54, 1.807) is 6.07 Å². The molecule has 1 aromatic heterocycles. The summed E-state index contributed by atoms with van der Waals surface area (Å²) in [7, 11) is 1.52. The summed E-state index contributed by atoms with van der Waals surface area (Å²) < 4.78 is 5.25. The number of carboxylic acid groups (broad SMARTS) is 1. The van der Waals surface area contributed by atoms with Gasteiger partial charge in [0.05, 0.1) is 19.2 Å². The lowest BCUT2D eigenvalue weighted by molar-refractivity contribution is -0.136. The van der Waals surface area contributed by atoms with Crippen LogP contribution in [0.2, 0.25) is 0 Å². The van der Waals surface area contributed by atoms with Crippen LogP contribution < -0.4 is 4.74 Å². The molecule has 0 unspecified atom stereocenters. The number of benzene rings is 2. The van der Waals surface area contributed by atoms with E-state index in [-0.39, 0.29) is 12.2 Å². The molecule has 0 aliphatic heterocycles. The van der Waals surface area contributed by atoms with Gasteiger partial charge in [0.25, 0.3) is 0 Å². The lowest BCUT2D eigenvalue weighted by Gasteiger charge is -2.10. The smallest absolute Gasteiger partial charge is 0.307 e. The third-order valence-electron chi connectivity index (χ3n) is 3.98. The fourth-order valence-electron chi connectivity index (χ4n) is 2.84. The summed E-state index contributed by atoms with van der Waals surface area (Å²) in [6.45, 7) is 1.52. The van der Waals surface area contributed by atoms with E-state index < -0.39 is 5.97 Å². The topological polar surface area (TPSA) is 79.4 Å². The summed E-state index contributed by atoms with van der Waals surface area (Å²) >= 11 is 0. The molecule has 24 heavy (non-hydrogen) atoms. The van der Waals surface area contributed by atoms with Gasteiger partial charge in [-0.3, -0.25) is 9.59 Å². The van der Waals surface area contributed by atoms with E-state index in [9.17, 15) is 9.59 Å². The minimum Gasteiger partial charge on any atom is -0.496 e. The first-order valence-electron chi connectivity index (χ1n) is 7.51. The Bertz CT molecular complexity index is 940. The van der Waals surface area contributed by atoms with Crippen molar-refractivity contribution in [1.82, 2.24) is 4.98 Å². The molecule has 0 amide bonds. The number of carbonyl (C=O) groups is 2. The predicted molar refractivity (Wildman–Crippen MR) is 91.6 cm³/mol. The number of carboxylic acids is 1. The fraction of sp³-hybridized carbons (Fsp3) is 0.158. The molecule has 0 aliphatic rings. The Hall–Kier alpha value is -3.08. The summed E-state index contributed by atoms with van der Waals surface area (Å²) in [6, 6.07) is 13.1. The van der Waals surface area contributed by atoms with E-state index in [0.29, 0.717) is 17.0 Å². The number of ketones is 1. The van der Waals surface area contributed by atoms with E-state index in [1.165, 1.54) is 14.0 Å². The lowest BCUT2D eigenvalue weighted by atomic mass is 9.98. The van der Waals surface area contributed by atoms with Crippen molar-refractivity contribution in [3.8, 4) is 16.9 Å². The van der Waals surface area contributed by atoms with Crippen molar-refractivity contribution in [2.24, 2.45) is 0 Å². The summed E-state index contributed by atoms with van der Waals surface area (Å²) in [5.41, 5.74) is 3.85. The summed E-state index contributed by atoms with van der Waals surface area (Å²) in [6.07, 6.45) is -0.112. The van der Waals surface area contributed by atoms with Gasteiger partial charge in [-0.15, -0.1) is 0 Å². The number of aromatic amines is 1. The Morgan fingerprint density at radius 3 is 2.62 bits per heavy atom. The SMILES string of the molecule is COc1ccc(-c2cccc3[nH]c(C(C)=O)cc23)cc1CC(=O)O. The van der Waals surface area contributed by atoms with Gasteiger partial charge in [-0.25, -0.2) is 0 Å². The zero-order chi connectivity index (χ0) is 17.3. The molecule has 0 spiro atoms. The molecule has 2 N–H and O–H groups in total. The standard InChI is InChI=1S/C19H17NO4/c1-11(21)17-10-15-14(4-3-5-16(15)20-17)12-6-7-18(24-2)13(8-12)9-19(22)23/h3-8,10,20H,9H2,1-2H3,(H,22,23). The molecule has 3 aromatic rings. The largest absolute Gasteiger partial charge is 0.496 e. The number of aromatic nitrogens is 1. The van der Waals surface area contributed by atoms with Crippen molar-refractivity contribution >= 4 is 22.7 Å². The minimum absolute atomic E-state index is 0.0292. The van der Waals surface area contributed by atoms with Crippen LogP contribution in [0.25, 0.3) is 22.0 Å². The Morgan fingerprint density at radius 1 is 1.17 bits per heavy atom. The molecule has 0 atom stereocenters. The number of Topliss-reactive ketones (excluding diaryl/α,β-unsaturated/α-hetero) is 1. The van der Waals surface area contributed by atoms with E-state index in [0.717, 1.165) is 22.0 Å². The molecular weight excluding hydrogens is 306 g/mol. The quantitative estimate of drug-likeness (QED) is 0.702. The van der Waals surface area contributed by atoms with Gasteiger partial charge >= 0.3 is 5.97 Å². The lowest BCUT2D eigenvalue weighted by Crippen LogP contribution is -2.02. The molecular formula is C19H17NO4. The fourth-order valence-corrected chi connectivity index (χ4v) is 2.84. The normalized spacial score (nSPS) is 10.8. The Kier molecular flexibility index (Phi) is 4.08. The highest BCUT2D eigenvalue weighted by atomic mass is 16.5. The first kappa shape index (κ1) is 15.8. The van der Waals surface area contributed by atoms with E-state index >= 15 is 0 Å². The van der Waals surface area contributed by atoms with Crippen LogP contribution in [-0.2, 0) is 11.2 Å². The molecule has 5 nitrogen and oxygen atoms in total. The first-order chi connectivity index (χ1) is 11.5. The second-order valence-corrected chi connectivity index (χ2v) is 5.60. The van der Waals surface area contributed by atoms with Crippen LogP contribution in [-0.4, -0.2) is 29.0 Å². The Morgan fingerprint density at radius 2 is 1.96 bits per heavy atom. The highest BCUT2D eigenvalue weighted by Crippen LogP contribution is 2.32.